The van der Waals surface area contributed by atoms with E-state index < -0.39 is 0 Å². The molecule has 0 aromatic heterocycles. The van der Waals surface area contributed by atoms with Gasteiger partial charge in [-0.2, -0.15) is 0 Å². The maximum absolute atomic E-state index is 13.2. The molecule has 0 amide bonds. The lowest BCUT2D eigenvalue weighted by Crippen LogP contribution is -2.19. The summed E-state index contributed by atoms with van der Waals surface area (Å²) >= 11 is 3.47. The normalized spacial score (nSPS) is 12.4. The molecule has 0 aliphatic heterocycles. The average Bonchev–Trinajstić information content (AvgIpc) is 2.38. The quantitative estimate of drug-likeness (QED) is 0.886. The van der Waals surface area contributed by atoms with Gasteiger partial charge >= 0.3 is 0 Å². The van der Waals surface area contributed by atoms with Crippen molar-refractivity contribution < 1.29 is 4.39 Å². The summed E-state index contributed by atoms with van der Waals surface area (Å²) in [6.07, 6.45) is 1.72. The van der Waals surface area contributed by atoms with E-state index in [0.29, 0.717) is 12.5 Å². The lowest BCUT2D eigenvalue weighted by molar-refractivity contribution is 0.530. The van der Waals surface area contributed by atoms with Gasteiger partial charge in [0.2, 0.25) is 0 Å². The highest BCUT2D eigenvalue weighted by atomic mass is 79.9. The van der Waals surface area contributed by atoms with Crippen molar-refractivity contribution in [3.63, 3.8) is 0 Å². The Hall–Kier alpha value is -1.19. The van der Waals surface area contributed by atoms with Gasteiger partial charge in [0.1, 0.15) is 5.82 Å². The maximum Gasteiger partial charge on any atom is 0.123 e. The Balaban J connectivity index is 2.04. The number of hydrogen-bond acceptors (Lipinski definition) is 1. The van der Waals surface area contributed by atoms with Gasteiger partial charge in [0.25, 0.3) is 0 Å². The monoisotopic (exact) mass is 321 g/mol. The van der Waals surface area contributed by atoms with Crippen LogP contribution in [0.2, 0.25) is 0 Å². The molecule has 0 aliphatic rings. The third kappa shape index (κ3) is 4.44. The van der Waals surface area contributed by atoms with Crippen molar-refractivity contribution in [2.45, 2.75) is 12.8 Å². The molecular formula is C16H17BrFN. The Morgan fingerprint density at radius 2 is 1.63 bits per heavy atom. The molecule has 2 aromatic carbocycles. The summed E-state index contributed by atoms with van der Waals surface area (Å²) in [6, 6.07) is 15.0. The van der Waals surface area contributed by atoms with Gasteiger partial charge in [-0.3, -0.25) is 0 Å². The Morgan fingerprint density at radius 1 is 1.00 bits per heavy atom. The Labute approximate surface area is 121 Å². The van der Waals surface area contributed by atoms with Gasteiger partial charge in [-0.25, -0.2) is 4.39 Å². The lowest BCUT2D eigenvalue weighted by atomic mass is 9.93. The highest BCUT2D eigenvalue weighted by Crippen LogP contribution is 2.18. The van der Waals surface area contributed by atoms with Gasteiger partial charge < -0.3 is 5.73 Å². The van der Waals surface area contributed by atoms with E-state index in [0.717, 1.165) is 22.9 Å². The second kappa shape index (κ2) is 6.83. The standard InChI is InChI=1S/C16H17BrFN/c17-15-5-1-3-12(9-15)7-14(11-19)8-13-4-2-6-16(18)10-13/h1-6,9-10,14H,7-8,11,19H2. The van der Waals surface area contributed by atoms with Crippen molar-refractivity contribution in [1.29, 1.82) is 0 Å². The van der Waals surface area contributed by atoms with Gasteiger partial charge in [-0.1, -0.05) is 40.2 Å². The fourth-order valence-electron chi connectivity index (χ4n) is 2.23. The molecule has 1 unspecified atom stereocenters. The molecule has 2 N–H and O–H groups in total. The first kappa shape index (κ1) is 14.2. The summed E-state index contributed by atoms with van der Waals surface area (Å²) in [4.78, 5) is 0. The van der Waals surface area contributed by atoms with Crippen LogP contribution in [0.4, 0.5) is 4.39 Å². The molecule has 0 saturated heterocycles. The Bertz CT molecular complexity index is 494. The molecule has 0 spiro atoms. The van der Waals surface area contributed by atoms with Crippen LogP contribution >= 0.6 is 15.9 Å². The minimum atomic E-state index is -0.185. The van der Waals surface area contributed by atoms with Crippen LogP contribution in [0.25, 0.3) is 0 Å². The summed E-state index contributed by atoms with van der Waals surface area (Å²) < 4.78 is 14.2. The summed E-state index contributed by atoms with van der Waals surface area (Å²) in [6.45, 7) is 0.600. The van der Waals surface area contributed by atoms with Crippen LogP contribution < -0.4 is 5.73 Å². The van der Waals surface area contributed by atoms with Crippen LogP contribution in [0.5, 0.6) is 0 Å². The van der Waals surface area contributed by atoms with Gasteiger partial charge in [-0.05, 0) is 60.7 Å². The van der Waals surface area contributed by atoms with Crippen molar-refractivity contribution >= 4 is 15.9 Å². The molecular weight excluding hydrogens is 305 g/mol. The molecule has 0 aliphatic carbocycles. The predicted octanol–water partition coefficient (Wildman–Crippen LogP) is 3.95. The first-order valence-corrected chi connectivity index (χ1v) is 7.15. The molecule has 0 radical (unpaired) electrons. The fourth-order valence-corrected chi connectivity index (χ4v) is 2.68. The first-order valence-electron chi connectivity index (χ1n) is 6.36. The fraction of sp³-hybridized carbons (Fsp3) is 0.250. The minimum Gasteiger partial charge on any atom is -0.330 e. The van der Waals surface area contributed by atoms with E-state index in [-0.39, 0.29) is 5.82 Å². The van der Waals surface area contributed by atoms with E-state index >= 15 is 0 Å². The number of hydrogen-bond donors (Lipinski definition) is 1. The van der Waals surface area contributed by atoms with Gasteiger partial charge in [0.15, 0.2) is 0 Å². The number of nitrogens with two attached hydrogens (primary N) is 1. The molecule has 0 saturated carbocycles. The highest BCUT2D eigenvalue weighted by Gasteiger charge is 2.10. The molecule has 2 rings (SSSR count). The van der Waals surface area contributed by atoms with Crippen LogP contribution in [0.3, 0.4) is 0 Å². The van der Waals surface area contributed by atoms with Crippen LogP contribution in [-0.2, 0) is 12.8 Å². The van der Waals surface area contributed by atoms with Gasteiger partial charge in [0.05, 0.1) is 0 Å². The molecule has 2 aromatic rings. The predicted molar refractivity (Wildman–Crippen MR) is 80.5 cm³/mol. The van der Waals surface area contributed by atoms with Crippen LogP contribution in [-0.4, -0.2) is 6.54 Å². The van der Waals surface area contributed by atoms with E-state index in [4.69, 9.17) is 5.73 Å². The van der Waals surface area contributed by atoms with Gasteiger partial charge in [-0.15, -0.1) is 0 Å². The zero-order valence-electron chi connectivity index (χ0n) is 10.7. The van der Waals surface area contributed by atoms with Crippen LogP contribution in [0, 0.1) is 11.7 Å². The first-order chi connectivity index (χ1) is 9.17. The largest absolute Gasteiger partial charge is 0.330 e. The van der Waals surface area contributed by atoms with Gasteiger partial charge in [0, 0.05) is 4.47 Å². The zero-order chi connectivity index (χ0) is 13.7. The Morgan fingerprint density at radius 3 is 2.21 bits per heavy atom. The maximum atomic E-state index is 13.2. The van der Waals surface area contributed by atoms with E-state index in [1.165, 1.54) is 11.6 Å². The summed E-state index contributed by atoms with van der Waals surface area (Å²) in [5.74, 6) is 0.145. The topological polar surface area (TPSA) is 26.0 Å². The minimum absolute atomic E-state index is 0.185. The average molecular weight is 322 g/mol. The molecule has 0 bridgehead atoms. The lowest BCUT2D eigenvalue weighted by Gasteiger charge is -2.15. The summed E-state index contributed by atoms with van der Waals surface area (Å²) in [7, 11) is 0. The smallest absolute Gasteiger partial charge is 0.123 e. The SMILES string of the molecule is NCC(Cc1cccc(F)c1)Cc1cccc(Br)c1. The number of benzene rings is 2. The molecule has 1 atom stereocenters. The Kier molecular flexibility index (Phi) is 5.11. The number of rotatable bonds is 5. The van der Waals surface area contributed by atoms with E-state index in [9.17, 15) is 4.39 Å². The molecule has 0 heterocycles. The molecule has 0 fully saturated rings. The van der Waals surface area contributed by atoms with Crippen LogP contribution in [0.15, 0.2) is 53.0 Å². The van der Waals surface area contributed by atoms with E-state index in [1.54, 1.807) is 12.1 Å². The summed E-state index contributed by atoms with van der Waals surface area (Å²) in [5, 5.41) is 0. The second-order valence-corrected chi connectivity index (χ2v) is 5.69. The highest BCUT2D eigenvalue weighted by molar-refractivity contribution is 9.10. The van der Waals surface area contributed by atoms with Crippen LogP contribution in [0.1, 0.15) is 11.1 Å². The van der Waals surface area contributed by atoms with Crippen molar-refractivity contribution in [3.05, 3.63) is 69.9 Å². The summed E-state index contributed by atoms with van der Waals surface area (Å²) in [5.41, 5.74) is 8.10. The zero-order valence-corrected chi connectivity index (χ0v) is 12.2. The van der Waals surface area contributed by atoms with Crippen molar-refractivity contribution in [1.82, 2.24) is 0 Å². The van der Waals surface area contributed by atoms with Crippen molar-refractivity contribution in [3.8, 4) is 0 Å². The molecule has 3 heteroatoms. The number of halogens is 2. The second-order valence-electron chi connectivity index (χ2n) is 4.77. The van der Waals surface area contributed by atoms with Crippen molar-refractivity contribution in [2.24, 2.45) is 11.7 Å². The molecule has 1 nitrogen and oxygen atoms in total. The third-order valence-corrected chi connectivity index (χ3v) is 3.65. The van der Waals surface area contributed by atoms with E-state index in [2.05, 4.69) is 28.1 Å². The third-order valence-electron chi connectivity index (χ3n) is 3.16. The molecule has 100 valence electrons. The molecule has 19 heavy (non-hydrogen) atoms. The van der Waals surface area contributed by atoms with Crippen molar-refractivity contribution in [2.75, 3.05) is 6.54 Å². The van der Waals surface area contributed by atoms with E-state index in [1.807, 2.05) is 18.2 Å².